The lowest BCUT2D eigenvalue weighted by Crippen LogP contribution is -2.14. The summed E-state index contributed by atoms with van der Waals surface area (Å²) in [6, 6.07) is 22.5. The van der Waals surface area contributed by atoms with Crippen LogP contribution in [0.4, 0.5) is 0 Å². The number of carboxylic acids is 1. The Kier molecular flexibility index (Phi) is 6.40. The highest BCUT2D eigenvalue weighted by Gasteiger charge is 2.17. The van der Waals surface area contributed by atoms with Gasteiger partial charge in [0.1, 0.15) is 5.75 Å². The molecule has 0 bridgehead atoms. The summed E-state index contributed by atoms with van der Waals surface area (Å²) >= 11 is 0. The monoisotopic (exact) mass is 348 g/mol. The average Bonchev–Trinajstić information content (AvgIpc) is 2.69. The molecule has 3 aromatic carbocycles. The summed E-state index contributed by atoms with van der Waals surface area (Å²) in [5, 5.41) is 17.1. The highest BCUT2D eigenvalue weighted by molar-refractivity contribution is 6.49. The zero-order valence-electron chi connectivity index (χ0n) is 13.7. The van der Waals surface area contributed by atoms with Gasteiger partial charge in [0.25, 0.3) is 0 Å². The lowest BCUT2D eigenvalue weighted by molar-refractivity contribution is 0.0696. The summed E-state index contributed by atoms with van der Waals surface area (Å²) in [7, 11) is 0. The van der Waals surface area contributed by atoms with Crippen molar-refractivity contribution < 1.29 is 24.6 Å². The van der Waals surface area contributed by atoms with E-state index in [4.69, 9.17) is 10.2 Å². The van der Waals surface area contributed by atoms with E-state index in [9.17, 15) is 14.4 Å². The van der Waals surface area contributed by atoms with Crippen LogP contribution >= 0.6 is 0 Å². The molecule has 5 nitrogen and oxygen atoms in total. The van der Waals surface area contributed by atoms with E-state index in [1.54, 1.807) is 48.5 Å². The number of aromatic hydroxyl groups is 1. The minimum atomic E-state index is -0.986. The molecular formula is C21H16O5. The first-order valence-electron chi connectivity index (χ1n) is 7.70. The smallest absolute Gasteiger partial charge is 0.335 e. The number of hydrogen-bond donors (Lipinski definition) is 2. The molecule has 0 unspecified atom stereocenters. The van der Waals surface area contributed by atoms with Crippen LogP contribution in [-0.4, -0.2) is 27.7 Å². The van der Waals surface area contributed by atoms with Crippen LogP contribution in [0.3, 0.4) is 0 Å². The van der Waals surface area contributed by atoms with Crippen molar-refractivity contribution in [3.63, 3.8) is 0 Å². The van der Waals surface area contributed by atoms with Crippen LogP contribution in [0.1, 0.15) is 31.1 Å². The topological polar surface area (TPSA) is 91.7 Å². The van der Waals surface area contributed by atoms with Gasteiger partial charge in [-0.05, 0) is 24.3 Å². The number of carboxylic acid groups (broad SMARTS) is 1. The van der Waals surface area contributed by atoms with E-state index in [1.807, 2.05) is 12.1 Å². The number of carbonyl (C=O) groups is 3. The lowest BCUT2D eigenvalue weighted by atomic mass is 10.0. The van der Waals surface area contributed by atoms with Crippen molar-refractivity contribution in [3.05, 3.63) is 102 Å². The van der Waals surface area contributed by atoms with Crippen molar-refractivity contribution >= 4 is 17.5 Å². The highest BCUT2D eigenvalue weighted by atomic mass is 16.4. The lowest BCUT2D eigenvalue weighted by Gasteiger charge is -1.99. The largest absolute Gasteiger partial charge is 0.508 e. The van der Waals surface area contributed by atoms with Crippen LogP contribution in [0.2, 0.25) is 0 Å². The quantitative estimate of drug-likeness (QED) is 0.552. The summed E-state index contributed by atoms with van der Waals surface area (Å²) in [5.74, 6) is -1.84. The summed E-state index contributed by atoms with van der Waals surface area (Å²) in [5.41, 5.74) is 1.03. The maximum Gasteiger partial charge on any atom is 0.335 e. The molecule has 0 saturated heterocycles. The van der Waals surface area contributed by atoms with Crippen molar-refractivity contribution in [2.75, 3.05) is 0 Å². The standard InChI is InChI=1S/C14H10O2.C7H6O3/c15-13(11-7-3-1-4-8-11)14(16)12-9-5-2-6-10-12;8-6-3-1-5(2-4-6)7(9)10/h1-10H;1-4,8H,(H,9,10). The van der Waals surface area contributed by atoms with Crippen LogP contribution in [0.25, 0.3) is 0 Å². The third kappa shape index (κ3) is 5.14. The highest BCUT2D eigenvalue weighted by Crippen LogP contribution is 2.09. The Balaban J connectivity index is 0.000000209. The first kappa shape index (κ1) is 18.6. The number of hydrogen-bond acceptors (Lipinski definition) is 4. The Morgan fingerprint density at radius 3 is 1.27 bits per heavy atom. The van der Waals surface area contributed by atoms with Crippen LogP contribution in [-0.2, 0) is 0 Å². The van der Waals surface area contributed by atoms with Crippen molar-refractivity contribution in [1.82, 2.24) is 0 Å². The Hall–Kier alpha value is -3.73. The van der Waals surface area contributed by atoms with Gasteiger partial charge in [-0.1, -0.05) is 60.7 Å². The average molecular weight is 348 g/mol. The van der Waals surface area contributed by atoms with Crippen molar-refractivity contribution in [1.29, 1.82) is 0 Å². The second kappa shape index (κ2) is 8.94. The van der Waals surface area contributed by atoms with E-state index in [0.29, 0.717) is 11.1 Å². The Labute approximate surface area is 150 Å². The van der Waals surface area contributed by atoms with Gasteiger partial charge in [0, 0.05) is 11.1 Å². The maximum absolute atomic E-state index is 11.8. The molecule has 0 aliphatic carbocycles. The number of aromatic carboxylic acids is 1. The maximum atomic E-state index is 11.8. The molecule has 130 valence electrons. The Morgan fingerprint density at radius 2 is 0.923 bits per heavy atom. The molecule has 0 atom stereocenters. The van der Waals surface area contributed by atoms with E-state index >= 15 is 0 Å². The molecule has 0 aliphatic rings. The van der Waals surface area contributed by atoms with Gasteiger partial charge in [0.2, 0.25) is 11.6 Å². The number of ketones is 2. The van der Waals surface area contributed by atoms with Gasteiger partial charge in [-0.15, -0.1) is 0 Å². The summed E-state index contributed by atoms with van der Waals surface area (Å²) in [6.07, 6.45) is 0. The van der Waals surface area contributed by atoms with Crippen LogP contribution in [0.5, 0.6) is 5.75 Å². The van der Waals surface area contributed by atoms with Gasteiger partial charge >= 0.3 is 5.97 Å². The summed E-state index contributed by atoms with van der Waals surface area (Å²) < 4.78 is 0. The third-order valence-corrected chi connectivity index (χ3v) is 3.39. The molecule has 0 fully saturated rings. The fourth-order valence-electron chi connectivity index (χ4n) is 2.05. The first-order chi connectivity index (χ1) is 12.5. The summed E-state index contributed by atoms with van der Waals surface area (Å²) in [6.45, 7) is 0. The predicted octanol–water partition coefficient (Wildman–Crippen LogP) is 3.84. The third-order valence-electron chi connectivity index (χ3n) is 3.39. The number of phenols is 1. The SMILES string of the molecule is O=C(C(=O)c1ccccc1)c1ccccc1.O=C(O)c1ccc(O)cc1. The minimum absolute atomic E-state index is 0.0741. The fourth-order valence-corrected chi connectivity index (χ4v) is 2.05. The molecule has 3 aromatic rings. The van der Waals surface area contributed by atoms with E-state index in [-0.39, 0.29) is 11.3 Å². The van der Waals surface area contributed by atoms with Crippen LogP contribution in [0, 0.1) is 0 Å². The Morgan fingerprint density at radius 1 is 0.538 bits per heavy atom. The molecule has 0 amide bonds. The fraction of sp³-hybridized carbons (Fsp3) is 0. The molecule has 26 heavy (non-hydrogen) atoms. The van der Waals surface area contributed by atoms with E-state index in [1.165, 1.54) is 24.3 Å². The second-order valence-electron chi connectivity index (χ2n) is 5.24. The normalized spacial score (nSPS) is 9.54. The molecule has 5 heteroatoms. The Bertz CT molecular complexity index is 835. The van der Waals surface area contributed by atoms with E-state index < -0.39 is 17.5 Å². The van der Waals surface area contributed by atoms with Gasteiger partial charge < -0.3 is 10.2 Å². The number of phenolic OH excluding ortho intramolecular Hbond substituents is 1. The van der Waals surface area contributed by atoms with Crippen LogP contribution < -0.4 is 0 Å². The molecule has 0 radical (unpaired) electrons. The number of benzene rings is 3. The van der Waals surface area contributed by atoms with Gasteiger partial charge in [-0.2, -0.15) is 0 Å². The van der Waals surface area contributed by atoms with Crippen molar-refractivity contribution in [2.45, 2.75) is 0 Å². The number of Topliss-reactive ketones (excluding diaryl/α,β-unsaturated/α-hetero) is 2. The molecular weight excluding hydrogens is 332 g/mol. The van der Waals surface area contributed by atoms with Gasteiger partial charge in [-0.3, -0.25) is 9.59 Å². The van der Waals surface area contributed by atoms with Gasteiger partial charge in [0.15, 0.2) is 0 Å². The zero-order valence-corrected chi connectivity index (χ0v) is 13.7. The minimum Gasteiger partial charge on any atom is -0.508 e. The molecule has 3 rings (SSSR count). The van der Waals surface area contributed by atoms with Gasteiger partial charge in [-0.25, -0.2) is 4.79 Å². The predicted molar refractivity (Wildman–Crippen MR) is 96.6 cm³/mol. The van der Waals surface area contributed by atoms with Gasteiger partial charge in [0.05, 0.1) is 5.56 Å². The van der Waals surface area contributed by atoms with Crippen molar-refractivity contribution in [2.24, 2.45) is 0 Å². The molecule has 0 heterocycles. The van der Waals surface area contributed by atoms with E-state index in [0.717, 1.165) is 0 Å². The second-order valence-corrected chi connectivity index (χ2v) is 5.24. The number of rotatable bonds is 4. The van der Waals surface area contributed by atoms with E-state index in [2.05, 4.69) is 0 Å². The molecule has 0 spiro atoms. The molecule has 0 saturated carbocycles. The summed E-state index contributed by atoms with van der Waals surface area (Å²) in [4.78, 5) is 33.8. The first-order valence-corrected chi connectivity index (χ1v) is 7.70. The number of carbonyl (C=O) groups excluding carboxylic acids is 2. The molecule has 0 aromatic heterocycles. The van der Waals surface area contributed by atoms with Crippen LogP contribution in [0.15, 0.2) is 84.9 Å². The van der Waals surface area contributed by atoms with Crippen molar-refractivity contribution in [3.8, 4) is 5.75 Å². The molecule has 2 N–H and O–H groups in total. The molecule has 0 aliphatic heterocycles. The zero-order chi connectivity index (χ0) is 18.9.